The normalized spacial score (nSPS) is 11.6. The number of rotatable bonds is 1. The van der Waals surface area contributed by atoms with Crippen molar-refractivity contribution in [3.8, 4) is 11.1 Å². The van der Waals surface area contributed by atoms with E-state index in [1.165, 1.54) is 30.3 Å². The highest BCUT2D eigenvalue weighted by Gasteiger charge is 2.33. The fraction of sp³-hybridized carbons (Fsp3) is 0.0769. The van der Waals surface area contributed by atoms with E-state index in [0.29, 0.717) is 0 Å². The summed E-state index contributed by atoms with van der Waals surface area (Å²) in [6, 6.07) is 8.43. The van der Waals surface area contributed by atoms with E-state index >= 15 is 0 Å². The monoisotopic (exact) mass is 274 g/mol. The summed E-state index contributed by atoms with van der Waals surface area (Å²) in [5.74, 6) is -0.779. The van der Waals surface area contributed by atoms with Crippen LogP contribution in [0.25, 0.3) is 11.1 Å². The van der Waals surface area contributed by atoms with E-state index in [2.05, 4.69) is 0 Å². The molecule has 0 unspecified atom stereocenters. The topological polar surface area (TPSA) is 0 Å². The van der Waals surface area contributed by atoms with Gasteiger partial charge in [0.05, 0.1) is 5.56 Å². The zero-order valence-electron chi connectivity index (χ0n) is 8.93. The minimum atomic E-state index is -4.53. The molecule has 0 amide bonds. The second-order valence-electron chi connectivity index (χ2n) is 3.67. The van der Waals surface area contributed by atoms with E-state index in [9.17, 15) is 17.6 Å². The van der Waals surface area contributed by atoms with Gasteiger partial charge in [-0.15, -0.1) is 0 Å². The summed E-state index contributed by atoms with van der Waals surface area (Å²) in [4.78, 5) is 0. The first-order chi connectivity index (χ1) is 8.39. The number of alkyl halides is 3. The van der Waals surface area contributed by atoms with Gasteiger partial charge in [-0.3, -0.25) is 0 Å². The van der Waals surface area contributed by atoms with Gasteiger partial charge in [-0.2, -0.15) is 13.2 Å². The van der Waals surface area contributed by atoms with Crippen molar-refractivity contribution >= 4 is 11.6 Å². The van der Waals surface area contributed by atoms with E-state index in [0.717, 1.165) is 12.1 Å². The van der Waals surface area contributed by atoms with Gasteiger partial charge in [0, 0.05) is 10.6 Å². The van der Waals surface area contributed by atoms with Gasteiger partial charge in [-0.25, -0.2) is 4.39 Å². The molecule has 2 aromatic carbocycles. The Morgan fingerprint density at radius 1 is 0.889 bits per heavy atom. The minimum Gasteiger partial charge on any atom is -0.206 e. The van der Waals surface area contributed by atoms with Crippen LogP contribution in [0.1, 0.15) is 5.56 Å². The first kappa shape index (κ1) is 12.9. The molecule has 2 rings (SSSR count). The first-order valence-corrected chi connectivity index (χ1v) is 5.39. The third kappa shape index (κ3) is 2.48. The Morgan fingerprint density at radius 3 is 2.17 bits per heavy atom. The predicted molar refractivity (Wildman–Crippen MR) is 61.8 cm³/mol. The van der Waals surface area contributed by atoms with Crippen LogP contribution in [0.15, 0.2) is 42.5 Å². The molecular formula is C13H7ClF4. The largest absolute Gasteiger partial charge is 0.417 e. The van der Waals surface area contributed by atoms with Crippen molar-refractivity contribution in [3.05, 3.63) is 58.9 Å². The lowest BCUT2D eigenvalue weighted by molar-refractivity contribution is -0.137. The minimum absolute atomic E-state index is 0.118. The van der Waals surface area contributed by atoms with Gasteiger partial charge < -0.3 is 0 Å². The Hall–Kier alpha value is -1.55. The standard InChI is InChI=1S/C13H7ClF4/c14-8-5-6-10(12(15)7-8)9-3-1-2-4-11(9)13(16,17)18/h1-7H. The van der Waals surface area contributed by atoms with Crippen molar-refractivity contribution in [3.63, 3.8) is 0 Å². The fourth-order valence-electron chi connectivity index (χ4n) is 1.67. The van der Waals surface area contributed by atoms with Crippen molar-refractivity contribution in [2.45, 2.75) is 6.18 Å². The molecule has 94 valence electrons. The molecule has 0 heterocycles. The highest BCUT2D eigenvalue weighted by molar-refractivity contribution is 6.30. The molecule has 0 radical (unpaired) electrons. The summed E-state index contributed by atoms with van der Waals surface area (Å²) in [7, 11) is 0. The maximum Gasteiger partial charge on any atom is 0.417 e. The highest BCUT2D eigenvalue weighted by atomic mass is 35.5. The molecule has 0 spiro atoms. The average molecular weight is 275 g/mol. The van der Waals surface area contributed by atoms with E-state index in [1.54, 1.807) is 0 Å². The Labute approximate surface area is 106 Å². The predicted octanol–water partition coefficient (Wildman–Crippen LogP) is 5.16. The van der Waals surface area contributed by atoms with Crippen molar-refractivity contribution < 1.29 is 17.6 Å². The molecule has 0 aliphatic rings. The van der Waals surface area contributed by atoms with Crippen LogP contribution in [0.5, 0.6) is 0 Å². The smallest absolute Gasteiger partial charge is 0.206 e. The highest BCUT2D eigenvalue weighted by Crippen LogP contribution is 2.38. The molecular weight excluding hydrogens is 268 g/mol. The molecule has 0 aliphatic carbocycles. The molecule has 0 saturated carbocycles. The summed E-state index contributed by atoms with van der Waals surface area (Å²) in [5, 5.41) is 0.140. The maximum absolute atomic E-state index is 13.7. The van der Waals surface area contributed by atoms with Gasteiger partial charge in [0.25, 0.3) is 0 Å². The lowest BCUT2D eigenvalue weighted by Crippen LogP contribution is -2.07. The number of hydrogen-bond acceptors (Lipinski definition) is 0. The van der Waals surface area contributed by atoms with Crippen LogP contribution < -0.4 is 0 Å². The molecule has 0 saturated heterocycles. The second-order valence-corrected chi connectivity index (χ2v) is 4.10. The Morgan fingerprint density at radius 2 is 1.56 bits per heavy atom. The van der Waals surface area contributed by atoms with Gasteiger partial charge >= 0.3 is 6.18 Å². The molecule has 0 fully saturated rings. The zero-order valence-corrected chi connectivity index (χ0v) is 9.69. The van der Waals surface area contributed by atoms with Crippen LogP contribution in [-0.4, -0.2) is 0 Å². The summed E-state index contributed by atoms with van der Waals surface area (Å²) in [5.41, 5.74) is -1.18. The maximum atomic E-state index is 13.7. The lowest BCUT2D eigenvalue weighted by atomic mass is 9.99. The first-order valence-electron chi connectivity index (χ1n) is 5.01. The molecule has 0 aliphatic heterocycles. The van der Waals surface area contributed by atoms with Gasteiger partial charge in [0.15, 0.2) is 0 Å². The summed E-state index contributed by atoms with van der Waals surface area (Å²) >= 11 is 5.57. The van der Waals surface area contributed by atoms with E-state index < -0.39 is 17.6 Å². The summed E-state index contributed by atoms with van der Waals surface area (Å²) in [6.45, 7) is 0. The van der Waals surface area contributed by atoms with Crippen molar-refractivity contribution in [2.75, 3.05) is 0 Å². The summed E-state index contributed by atoms with van der Waals surface area (Å²) < 4.78 is 52.0. The van der Waals surface area contributed by atoms with Gasteiger partial charge in [0.2, 0.25) is 0 Å². The van der Waals surface area contributed by atoms with Gasteiger partial charge in [-0.05, 0) is 29.8 Å². The van der Waals surface area contributed by atoms with Crippen LogP contribution in [0.3, 0.4) is 0 Å². The van der Waals surface area contributed by atoms with E-state index in [1.807, 2.05) is 0 Å². The molecule has 0 nitrogen and oxygen atoms in total. The lowest BCUT2D eigenvalue weighted by Gasteiger charge is -2.13. The average Bonchev–Trinajstić information content (AvgIpc) is 2.28. The third-order valence-electron chi connectivity index (χ3n) is 2.45. The second kappa shape index (κ2) is 4.61. The Kier molecular flexibility index (Phi) is 3.30. The molecule has 5 heteroatoms. The zero-order chi connectivity index (χ0) is 13.3. The van der Waals surface area contributed by atoms with Crippen molar-refractivity contribution in [1.82, 2.24) is 0 Å². The Balaban J connectivity index is 2.64. The molecule has 0 aromatic heterocycles. The molecule has 18 heavy (non-hydrogen) atoms. The third-order valence-corrected chi connectivity index (χ3v) is 2.69. The van der Waals surface area contributed by atoms with Crippen LogP contribution in [0.2, 0.25) is 5.02 Å². The Bertz CT molecular complexity index is 575. The van der Waals surface area contributed by atoms with Gasteiger partial charge in [-0.1, -0.05) is 29.8 Å². The van der Waals surface area contributed by atoms with Crippen LogP contribution in [0, 0.1) is 5.82 Å². The number of benzene rings is 2. The number of halogens is 5. The van der Waals surface area contributed by atoms with Crippen LogP contribution in [0.4, 0.5) is 17.6 Å². The molecule has 0 N–H and O–H groups in total. The molecule has 2 aromatic rings. The number of hydrogen-bond donors (Lipinski definition) is 0. The van der Waals surface area contributed by atoms with E-state index in [4.69, 9.17) is 11.6 Å². The van der Waals surface area contributed by atoms with Crippen LogP contribution in [-0.2, 0) is 6.18 Å². The summed E-state index contributed by atoms with van der Waals surface area (Å²) in [6.07, 6.45) is -4.53. The van der Waals surface area contributed by atoms with Crippen molar-refractivity contribution in [2.24, 2.45) is 0 Å². The quantitative estimate of drug-likeness (QED) is 0.630. The SMILES string of the molecule is Fc1cc(Cl)ccc1-c1ccccc1C(F)(F)F. The van der Waals surface area contributed by atoms with Crippen molar-refractivity contribution in [1.29, 1.82) is 0 Å². The van der Waals surface area contributed by atoms with Gasteiger partial charge in [0.1, 0.15) is 5.82 Å². The van der Waals surface area contributed by atoms with Crippen LogP contribution >= 0.6 is 11.6 Å². The fourth-order valence-corrected chi connectivity index (χ4v) is 1.83. The van der Waals surface area contributed by atoms with E-state index in [-0.39, 0.29) is 16.1 Å². The molecule has 0 atom stereocenters. The molecule has 0 bridgehead atoms.